The molecule has 0 atom stereocenters. The Morgan fingerprint density at radius 3 is 2.64 bits per heavy atom. The number of hydrogen-bond donors (Lipinski definition) is 2. The summed E-state index contributed by atoms with van der Waals surface area (Å²) in [5, 5.41) is 4.31. The molecule has 0 spiro atoms. The van der Waals surface area contributed by atoms with E-state index in [4.69, 9.17) is 5.73 Å². The third-order valence-corrected chi connectivity index (χ3v) is 3.87. The quantitative estimate of drug-likeness (QED) is 0.497. The molecule has 112 valence electrons. The Labute approximate surface area is 138 Å². The van der Waals surface area contributed by atoms with Gasteiger partial charge in [0.05, 0.1) is 4.55 Å². The second-order valence-electron chi connectivity index (χ2n) is 4.71. The summed E-state index contributed by atoms with van der Waals surface area (Å²) in [7, 11) is 0. The maximum Gasteiger partial charge on any atom is 0.265 e. The van der Waals surface area contributed by atoms with Gasteiger partial charge in [-0.1, -0.05) is 52.9 Å². The van der Waals surface area contributed by atoms with Crippen LogP contribution in [0.1, 0.15) is 11.3 Å². The predicted molar refractivity (Wildman–Crippen MR) is 92.1 cm³/mol. The molecule has 0 saturated heterocycles. The largest absolute Gasteiger partial charge is 0.369 e. The number of nitrogens with two attached hydrogens (primary N) is 1. The van der Waals surface area contributed by atoms with Crippen molar-refractivity contribution in [1.29, 1.82) is 0 Å². The molecule has 0 bridgehead atoms. The van der Waals surface area contributed by atoms with Crippen molar-refractivity contribution in [2.24, 2.45) is 0 Å². The number of rotatable bonds is 3. The third kappa shape index (κ3) is 2.61. The molecule has 0 fully saturated rings. The summed E-state index contributed by atoms with van der Waals surface area (Å²) < 4.78 is 1.97. The molecule has 0 radical (unpaired) electrons. The first-order chi connectivity index (χ1) is 10.6. The lowest BCUT2D eigenvalue weighted by atomic mass is 10.1. The minimum absolute atomic E-state index is 0.00760. The fourth-order valence-electron chi connectivity index (χ4n) is 2.24. The van der Waals surface area contributed by atoms with E-state index in [-0.39, 0.29) is 17.0 Å². The Balaban J connectivity index is 2.27. The Bertz CT molecular complexity index is 949. The van der Waals surface area contributed by atoms with E-state index >= 15 is 0 Å². The number of aromatic nitrogens is 4. The molecule has 0 aliphatic rings. The number of halogens is 1. The molecule has 3 aromatic rings. The number of nitrogens with one attached hydrogen (secondary N) is 1. The van der Waals surface area contributed by atoms with E-state index < -0.39 is 11.0 Å². The standard InChI is InChI=1S/C14H12IN5O2/c15-7-20-12-10(13(22)18-14(16)17-12)11(21)9(19-20)6-8-4-2-1-3-5-8/h1-5H,6-7H2,(H3,16,17,18,22). The summed E-state index contributed by atoms with van der Waals surface area (Å²) in [5.41, 5.74) is 6.07. The molecule has 3 N–H and O–H groups in total. The Morgan fingerprint density at radius 2 is 1.95 bits per heavy atom. The number of benzene rings is 1. The van der Waals surface area contributed by atoms with Gasteiger partial charge in [0.1, 0.15) is 11.1 Å². The first-order valence-electron chi connectivity index (χ1n) is 6.49. The van der Waals surface area contributed by atoms with Gasteiger partial charge in [-0.25, -0.2) is 4.68 Å². The fourth-order valence-corrected chi connectivity index (χ4v) is 2.72. The van der Waals surface area contributed by atoms with Crippen molar-refractivity contribution in [3.05, 3.63) is 62.2 Å². The van der Waals surface area contributed by atoms with Crippen molar-refractivity contribution in [2.45, 2.75) is 11.0 Å². The average Bonchev–Trinajstić information content (AvgIpc) is 2.50. The molecule has 0 aliphatic heterocycles. The normalized spacial score (nSPS) is 11.0. The minimum atomic E-state index is -0.539. The molecular formula is C14H12IN5O2. The lowest BCUT2D eigenvalue weighted by Gasteiger charge is -2.09. The van der Waals surface area contributed by atoms with Gasteiger partial charge in [-0.2, -0.15) is 10.1 Å². The number of H-pyrrole nitrogens is 1. The van der Waals surface area contributed by atoms with Crippen LogP contribution in [0.3, 0.4) is 0 Å². The Kier molecular flexibility index (Phi) is 3.92. The molecule has 2 heterocycles. The van der Waals surface area contributed by atoms with Gasteiger partial charge < -0.3 is 5.73 Å². The van der Waals surface area contributed by atoms with Gasteiger partial charge in [0, 0.05) is 6.42 Å². The zero-order valence-electron chi connectivity index (χ0n) is 11.4. The SMILES string of the molecule is Nc1nc2c(c(=O)[nH]1)c(=O)c(Cc1ccccc1)nn2CI. The Morgan fingerprint density at radius 1 is 1.23 bits per heavy atom. The summed E-state index contributed by atoms with van der Waals surface area (Å²) in [5.74, 6) is -0.0342. The van der Waals surface area contributed by atoms with Gasteiger partial charge in [0.25, 0.3) is 5.56 Å². The zero-order chi connectivity index (χ0) is 15.7. The van der Waals surface area contributed by atoms with Crippen LogP contribution in [-0.2, 0) is 11.0 Å². The monoisotopic (exact) mass is 409 g/mol. The average molecular weight is 409 g/mol. The van der Waals surface area contributed by atoms with E-state index in [2.05, 4.69) is 37.7 Å². The van der Waals surface area contributed by atoms with E-state index in [0.29, 0.717) is 16.7 Å². The number of fused-ring (bicyclic) bond motifs is 1. The van der Waals surface area contributed by atoms with Gasteiger partial charge in [0.2, 0.25) is 11.4 Å². The zero-order valence-corrected chi connectivity index (χ0v) is 13.6. The smallest absolute Gasteiger partial charge is 0.265 e. The van der Waals surface area contributed by atoms with Crippen molar-refractivity contribution in [2.75, 3.05) is 5.73 Å². The van der Waals surface area contributed by atoms with Gasteiger partial charge in [-0.05, 0) is 5.56 Å². The van der Waals surface area contributed by atoms with Crippen molar-refractivity contribution in [3.8, 4) is 0 Å². The van der Waals surface area contributed by atoms with Gasteiger partial charge >= 0.3 is 0 Å². The first-order valence-corrected chi connectivity index (χ1v) is 8.02. The molecular weight excluding hydrogens is 397 g/mol. The molecule has 22 heavy (non-hydrogen) atoms. The molecule has 0 saturated carbocycles. The number of alkyl halides is 1. The number of nitrogens with zero attached hydrogens (tertiary/aromatic N) is 3. The maximum absolute atomic E-state index is 12.6. The summed E-state index contributed by atoms with van der Waals surface area (Å²) in [6, 6.07) is 9.50. The van der Waals surface area contributed by atoms with Crippen LogP contribution >= 0.6 is 22.6 Å². The molecule has 0 amide bonds. The van der Waals surface area contributed by atoms with E-state index in [1.165, 1.54) is 4.68 Å². The first kappa shape index (κ1) is 14.7. The second-order valence-corrected chi connectivity index (χ2v) is 5.39. The summed E-state index contributed by atoms with van der Waals surface area (Å²) in [6.45, 7) is 0. The topological polar surface area (TPSA) is 107 Å². The number of aromatic amines is 1. The summed E-state index contributed by atoms with van der Waals surface area (Å²) >= 11 is 2.09. The van der Waals surface area contributed by atoms with Crippen LogP contribution in [-0.4, -0.2) is 19.7 Å². The lowest BCUT2D eigenvalue weighted by molar-refractivity contribution is 0.730. The second kappa shape index (κ2) is 5.87. The highest BCUT2D eigenvalue weighted by Crippen LogP contribution is 2.09. The van der Waals surface area contributed by atoms with Crippen molar-refractivity contribution in [1.82, 2.24) is 19.7 Å². The van der Waals surface area contributed by atoms with Crippen molar-refractivity contribution < 1.29 is 0 Å². The highest BCUT2D eigenvalue weighted by molar-refractivity contribution is 14.1. The van der Waals surface area contributed by atoms with Gasteiger partial charge in [0.15, 0.2) is 5.65 Å². The maximum atomic E-state index is 12.6. The number of nitrogen functional groups attached to an aromatic ring is 1. The molecule has 3 rings (SSSR count). The van der Waals surface area contributed by atoms with E-state index in [0.717, 1.165) is 5.56 Å². The minimum Gasteiger partial charge on any atom is -0.369 e. The summed E-state index contributed by atoms with van der Waals surface area (Å²) in [6.07, 6.45) is 0.357. The number of anilines is 1. The van der Waals surface area contributed by atoms with Crippen LogP contribution in [0.5, 0.6) is 0 Å². The molecule has 7 nitrogen and oxygen atoms in total. The highest BCUT2D eigenvalue weighted by atomic mass is 127. The molecule has 8 heteroatoms. The van der Waals surface area contributed by atoms with Crippen LogP contribution in [0.25, 0.3) is 11.0 Å². The van der Waals surface area contributed by atoms with Crippen molar-refractivity contribution >= 4 is 39.6 Å². The molecule has 1 aromatic carbocycles. The number of hydrogen-bond acceptors (Lipinski definition) is 5. The van der Waals surface area contributed by atoms with Crippen LogP contribution in [0.15, 0.2) is 39.9 Å². The highest BCUT2D eigenvalue weighted by Gasteiger charge is 2.15. The van der Waals surface area contributed by atoms with Crippen LogP contribution in [0, 0.1) is 0 Å². The van der Waals surface area contributed by atoms with E-state index in [9.17, 15) is 9.59 Å². The predicted octanol–water partition coefficient (Wildman–Crippen LogP) is 1.05. The van der Waals surface area contributed by atoms with Gasteiger partial charge in [-0.15, -0.1) is 0 Å². The lowest BCUT2D eigenvalue weighted by Crippen LogP contribution is -2.27. The van der Waals surface area contributed by atoms with Crippen molar-refractivity contribution in [3.63, 3.8) is 0 Å². The summed E-state index contributed by atoms with van der Waals surface area (Å²) in [4.78, 5) is 31.0. The van der Waals surface area contributed by atoms with E-state index in [1.807, 2.05) is 30.3 Å². The molecule has 2 aromatic heterocycles. The van der Waals surface area contributed by atoms with Crippen LogP contribution in [0.4, 0.5) is 5.95 Å². The molecule has 0 aliphatic carbocycles. The Hall–Kier alpha value is -2.23. The molecule has 0 unspecified atom stereocenters. The van der Waals surface area contributed by atoms with Crippen LogP contribution < -0.4 is 16.7 Å². The third-order valence-electron chi connectivity index (χ3n) is 3.22. The van der Waals surface area contributed by atoms with Crippen LogP contribution in [0.2, 0.25) is 0 Å². The fraction of sp³-hybridized carbons (Fsp3) is 0.143. The van der Waals surface area contributed by atoms with E-state index in [1.54, 1.807) is 0 Å². The van der Waals surface area contributed by atoms with Gasteiger partial charge in [-0.3, -0.25) is 14.6 Å².